The lowest BCUT2D eigenvalue weighted by molar-refractivity contribution is -0.139. The summed E-state index contributed by atoms with van der Waals surface area (Å²) in [5.74, 6) is 0.980. The van der Waals surface area contributed by atoms with E-state index >= 15 is 0 Å². The van der Waals surface area contributed by atoms with Gasteiger partial charge in [-0.05, 0) is 99.3 Å². The second-order valence-corrected chi connectivity index (χ2v) is 10.9. The molecule has 1 N–H and O–H groups in total. The Morgan fingerprint density at radius 2 is 1.72 bits per heavy atom. The number of hydrogen-bond donors (Lipinski definition) is 1. The molecule has 36 heavy (non-hydrogen) atoms. The minimum atomic E-state index is -0.710. The first kappa shape index (κ1) is 24.5. The van der Waals surface area contributed by atoms with E-state index in [1.807, 2.05) is 13.8 Å². The lowest BCUT2D eigenvalue weighted by atomic mass is 9.47. The first-order chi connectivity index (χ1) is 17.2. The highest BCUT2D eigenvalue weighted by Crippen LogP contribution is 2.62. The summed E-state index contributed by atoms with van der Waals surface area (Å²) < 4.78 is 11.0. The largest absolute Gasteiger partial charge is 0.490 e. The van der Waals surface area contributed by atoms with Crippen molar-refractivity contribution in [1.29, 1.82) is 0 Å². The van der Waals surface area contributed by atoms with Gasteiger partial charge < -0.3 is 9.47 Å². The predicted molar refractivity (Wildman–Crippen MR) is 132 cm³/mol. The standard InChI is InChI=1S/C28H34N2O6/c1-4-24(31)36-22-7-6-17(12-23(22)35-5-2)11-21-25(32)29-27(34)30(26(21)33)16(3)28-13-18-8-19(14-28)10-20(9-18)15-28/h6-7,11-12,16,18-20H,4-5,8-10,13-15H2,1-3H3,(H,29,32,34)/b21-11+. The summed E-state index contributed by atoms with van der Waals surface area (Å²) >= 11 is 0. The third-order valence-corrected chi connectivity index (χ3v) is 8.58. The molecular formula is C28H34N2O6. The van der Waals surface area contributed by atoms with E-state index < -0.39 is 23.8 Å². The van der Waals surface area contributed by atoms with E-state index in [0.717, 1.165) is 19.3 Å². The first-order valence-corrected chi connectivity index (χ1v) is 13.1. The number of amides is 4. The van der Waals surface area contributed by atoms with Crippen LogP contribution in [0.25, 0.3) is 6.08 Å². The summed E-state index contributed by atoms with van der Waals surface area (Å²) in [7, 11) is 0. The van der Waals surface area contributed by atoms with Crippen molar-refractivity contribution < 1.29 is 28.7 Å². The summed E-state index contributed by atoms with van der Waals surface area (Å²) in [6.07, 6.45) is 8.61. The Morgan fingerprint density at radius 3 is 2.31 bits per heavy atom. The highest BCUT2D eigenvalue weighted by Gasteiger charge is 2.56. The average Bonchev–Trinajstić information content (AvgIpc) is 2.82. The van der Waals surface area contributed by atoms with Crippen molar-refractivity contribution in [2.45, 2.75) is 71.8 Å². The van der Waals surface area contributed by atoms with Gasteiger partial charge in [0.1, 0.15) is 5.57 Å². The number of nitrogens with one attached hydrogen (secondary N) is 1. The molecule has 6 rings (SSSR count). The fourth-order valence-electron chi connectivity index (χ4n) is 7.31. The van der Waals surface area contributed by atoms with Crippen LogP contribution >= 0.6 is 0 Å². The zero-order valence-corrected chi connectivity index (χ0v) is 21.2. The first-order valence-electron chi connectivity index (χ1n) is 13.1. The smallest absolute Gasteiger partial charge is 0.331 e. The van der Waals surface area contributed by atoms with E-state index in [2.05, 4.69) is 5.32 Å². The van der Waals surface area contributed by atoms with Gasteiger partial charge in [0.25, 0.3) is 11.8 Å². The van der Waals surface area contributed by atoms with Gasteiger partial charge in [-0.15, -0.1) is 0 Å². The number of nitrogens with zero attached hydrogens (tertiary/aromatic N) is 1. The maximum Gasteiger partial charge on any atom is 0.331 e. The van der Waals surface area contributed by atoms with Gasteiger partial charge in [-0.2, -0.15) is 0 Å². The molecule has 0 aromatic heterocycles. The molecule has 4 amide bonds. The Kier molecular flexibility index (Phi) is 6.39. The van der Waals surface area contributed by atoms with Crippen LogP contribution in [0.15, 0.2) is 23.8 Å². The number of benzene rings is 1. The zero-order chi connectivity index (χ0) is 25.6. The maximum atomic E-state index is 13.6. The summed E-state index contributed by atoms with van der Waals surface area (Å²) in [5, 5.41) is 2.39. The van der Waals surface area contributed by atoms with Crippen LogP contribution in [0.2, 0.25) is 0 Å². The van der Waals surface area contributed by atoms with E-state index in [1.54, 1.807) is 25.1 Å². The number of carbonyl (C=O) groups is 4. The van der Waals surface area contributed by atoms with Crippen LogP contribution in [0.4, 0.5) is 4.79 Å². The molecule has 1 heterocycles. The molecule has 4 bridgehead atoms. The van der Waals surface area contributed by atoms with Gasteiger partial charge in [-0.3, -0.25) is 24.6 Å². The molecule has 4 aliphatic carbocycles. The van der Waals surface area contributed by atoms with E-state index in [9.17, 15) is 19.2 Å². The highest BCUT2D eigenvalue weighted by atomic mass is 16.6. The number of urea groups is 1. The average molecular weight is 495 g/mol. The number of esters is 1. The lowest BCUT2D eigenvalue weighted by Crippen LogP contribution is -2.63. The molecule has 1 unspecified atom stereocenters. The third-order valence-electron chi connectivity index (χ3n) is 8.58. The normalized spacial score (nSPS) is 31.0. The Labute approximate surface area is 211 Å². The third kappa shape index (κ3) is 4.31. The Bertz CT molecular complexity index is 1100. The highest BCUT2D eigenvalue weighted by molar-refractivity contribution is 6.31. The zero-order valence-electron chi connectivity index (χ0n) is 21.2. The second kappa shape index (κ2) is 9.37. The van der Waals surface area contributed by atoms with E-state index in [-0.39, 0.29) is 29.2 Å². The van der Waals surface area contributed by atoms with Gasteiger partial charge in [0.2, 0.25) is 0 Å². The van der Waals surface area contributed by atoms with Crippen LogP contribution in [0.3, 0.4) is 0 Å². The van der Waals surface area contributed by atoms with Gasteiger partial charge in [0.05, 0.1) is 6.61 Å². The van der Waals surface area contributed by atoms with Crippen LogP contribution in [0.1, 0.15) is 71.3 Å². The van der Waals surface area contributed by atoms with Gasteiger partial charge >= 0.3 is 12.0 Å². The Morgan fingerprint density at radius 1 is 1.08 bits per heavy atom. The van der Waals surface area contributed by atoms with Crippen molar-refractivity contribution >= 4 is 29.9 Å². The van der Waals surface area contributed by atoms with Crippen molar-refractivity contribution in [2.75, 3.05) is 6.61 Å². The molecule has 1 aliphatic heterocycles. The molecule has 0 spiro atoms. The Balaban J connectivity index is 1.43. The number of ether oxygens (including phenoxy) is 2. The van der Waals surface area contributed by atoms with Crippen molar-refractivity contribution in [3.63, 3.8) is 0 Å². The van der Waals surface area contributed by atoms with Crippen molar-refractivity contribution in [3.8, 4) is 11.5 Å². The summed E-state index contributed by atoms with van der Waals surface area (Å²) in [6.45, 7) is 5.83. The molecule has 0 radical (unpaired) electrons. The predicted octanol–water partition coefficient (Wildman–Crippen LogP) is 4.47. The molecule has 192 valence electrons. The Hall–Kier alpha value is -3.16. The van der Waals surface area contributed by atoms with Crippen molar-refractivity contribution in [3.05, 3.63) is 29.3 Å². The molecule has 5 fully saturated rings. The van der Waals surface area contributed by atoms with Crippen molar-refractivity contribution in [2.24, 2.45) is 23.2 Å². The molecule has 8 nitrogen and oxygen atoms in total. The fraction of sp³-hybridized carbons (Fsp3) is 0.571. The van der Waals surface area contributed by atoms with Gasteiger partial charge in [-0.1, -0.05) is 13.0 Å². The molecule has 1 aromatic carbocycles. The van der Waals surface area contributed by atoms with Crippen molar-refractivity contribution in [1.82, 2.24) is 10.2 Å². The SMILES string of the molecule is CCOc1cc(/C=C2\C(=O)NC(=O)N(C(C)C34CC5CC(CC(C5)C3)C4)C2=O)ccc1OC(=O)CC. The van der Waals surface area contributed by atoms with Gasteiger partial charge in [0.15, 0.2) is 11.5 Å². The number of barbiturate groups is 1. The second-order valence-electron chi connectivity index (χ2n) is 10.9. The van der Waals surface area contributed by atoms with Crippen LogP contribution in [0.5, 0.6) is 11.5 Å². The summed E-state index contributed by atoms with van der Waals surface area (Å²) in [5.41, 5.74) is 0.372. The lowest BCUT2D eigenvalue weighted by Gasteiger charge is -2.60. The van der Waals surface area contributed by atoms with Gasteiger partial charge in [0, 0.05) is 12.5 Å². The molecule has 1 saturated heterocycles. The molecule has 4 saturated carbocycles. The van der Waals surface area contributed by atoms with E-state index in [4.69, 9.17) is 9.47 Å². The quantitative estimate of drug-likeness (QED) is 0.260. The van der Waals surface area contributed by atoms with Crippen LogP contribution in [0, 0.1) is 23.2 Å². The van der Waals surface area contributed by atoms with Crippen LogP contribution < -0.4 is 14.8 Å². The monoisotopic (exact) mass is 494 g/mol. The molecule has 1 aromatic rings. The van der Waals surface area contributed by atoms with Gasteiger partial charge in [-0.25, -0.2) is 4.79 Å². The molecule has 8 heteroatoms. The summed E-state index contributed by atoms with van der Waals surface area (Å²) in [4.78, 5) is 52.4. The number of imide groups is 2. The number of carbonyl (C=O) groups excluding carboxylic acids is 4. The fourth-order valence-corrected chi connectivity index (χ4v) is 7.31. The topological polar surface area (TPSA) is 102 Å². The molecular weight excluding hydrogens is 460 g/mol. The maximum absolute atomic E-state index is 13.6. The number of hydrogen-bond acceptors (Lipinski definition) is 6. The minimum Gasteiger partial charge on any atom is -0.490 e. The molecule has 1 atom stereocenters. The van der Waals surface area contributed by atoms with E-state index in [0.29, 0.717) is 35.7 Å². The van der Waals surface area contributed by atoms with Crippen LogP contribution in [-0.2, 0) is 14.4 Å². The summed E-state index contributed by atoms with van der Waals surface area (Å²) in [6, 6.07) is 3.93. The van der Waals surface area contributed by atoms with Crippen LogP contribution in [-0.4, -0.2) is 41.4 Å². The van der Waals surface area contributed by atoms with E-state index in [1.165, 1.54) is 30.2 Å². The number of rotatable bonds is 7. The minimum absolute atomic E-state index is 0.0693. The molecule has 5 aliphatic rings.